The van der Waals surface area contributed by atoms with E-state index in [1.807, 2.05) is 5.32 Å². The number of benzene rings is 2. The average Bonchev–Trinajstić information content (AvgIpc) is 2.61. The van der Waals surface area contributed by atoms with Gasteiger partial charge in [-0.2, -0.15) is 0 Å². The lowest BCUT2D eigenvalue weighted by molar-refractivity contribution is -0.150. The van der Waals surface area contributed by atoms with Crippen molar-refractivity contribution < 1.29 is 32.6 Å². The normalized spacial score (nSPS) is 9.92. The van der Waals surface area contributed by atoms with Crippen molar-refractivity contribution in [2.75, 3.05) is 18.5 Å². The quantitative estimate of drug-likeness (QED) is 0.767. The Balaban J connectivity index is 1.69. The summed E-state index contributed by atoms with van der Waals surface area (Å²) >= 11 is 0. The van der Waals surface area contributed by atoms with Gasteiger partial charge in [0, 0.05) is 0 Å². The van der Waals surface area contributed by atoms with Gasteiger partial charge in [-0.15, -0.1) is 0 Å². The van der Waals surface area contributed by atoms with E-state index in [0.29, 0.717) is 0 Å². The molecule has 0 saturated heterocycles. The molecular weight excluding hydrogens is 350 g/mol. The number of nitrogens with one attached hydrogen (secondary N) is 2. The predicted octanol–water partition coefficient (Wildman–Crippen LogP) is 2.24. The largest absolute Gasteiger partial charge is 0.482 e. The fourth-order valence-corrected chi connectivity index (χ4v) is 1.74. The fraction of sp³-hybridized carbons (Fsp3) is 0.118. The van der Waals surface area contributed by atoms with Crippen molar-refractivity contribution in [3.63, 3.8) is 0 Å². The number of anilines is 1. The number of ether oxygens (including phenoxy) is 2. The van der Waals surface area contributed by atoms with Crippen LogP contribution in [0.3, 0.4) is 0 Å². The van der Waals surface area contributed by atoms with Crippen molar-refractivity contribution in [1.29, 1.82) is 0 Å². The number of halogens is 2. The summed E-state index contributed by atoms with van der Waals surface area (Å²) in [6, 6.07) is 9.38. The van der Waals surface area contributed by atoms with Crippen LogP contribution in [0.15, 0.2) is 48.5 Å². The van der Waals surface area contributed by atoms with Gasteiger partial charge >= 0.3 is 12.0 Å². The molecule has 0 aromatic heterocycles. The zero-order valence-electron chi connectivity index (χ0n) is 13.3. The molecule has 0 aliphatic carbocycles. The minimum atomic E-state index is -0.973. The Kier molecular flexibility index (Phi) is 6.60. The second-order valence-corrected chi connectivity index (χ2v) is 4.89. The standard InChI is InChI=1S/C17H14F2N2O5/c18-11-5-7-12(8-6-11)25-10-16(23)26-9-15(22)21-17(24)20-14-4-2-1-3-13(14)19/h1-8H,9-10H2,(H2,20,21,22,24). The monoisotopic (exact) mass is 364 g/mol. The third-order valence-corrected chi connectivity index (χ3v) is 2.91. The first-order valence-corrected chi connectivity index (χ1v) is 7.33. The molecule has 2 rings (SSSR count). The molecule has 9 heteroatoms. The van der Waals surface area contributed by atoms with E-state index < -0.39 is 42.8 Å². The highest BCUT2D eigenvalue weighted by Gasteiger charge is 2.13. The molecule has 0 unspecified atom stereocenters. The summed E-state index contributed by atoms with van der Waals surface area (Å²) in [6.45, 7) is -1.23. The smallest absolute Gasteiger partial charge is 0.344 e. The molecule has 0 radical (unpaired) electrons. The molecule has 0 atom stereocenters. The van der Waals surface area contributed by atoms with E-state index in [1.165, 1.54) is 30.3 Å². The molecule has 0 bridgehead atoms. The second-order valence-electron chi connectivity index (χ2n) is 4.89. The van der Waals surface area contributed by atoms with Gasteiger partial charge in [-0.05, 0) is 36.4 Å². The number of amides is 3. The number of carbonyl (C=O) groups is 3. The Morgan fingerprint density at radius 2 is 1.62 bits per heavy atom. The summed E-state index contributed by atoms with van der Waals surface area (Å²) in [5.41, 5.74) is -0.109. The number of hydrogen-bond acceptors (Lipinski definition) is 5. The number of rotatable bonds is 6. The van der Waals surface area contributed by atoms with Gasteiger partial charge in [0.15, 0.2) is 13.2 Å². The van der Waals surface area contributed by atoms with Crippen LogP contribution in [0.4, 0.5) is 19.3 Å². The van der Waals surface area contributed by atoms with Gasteiger partial charge in [-0.1, -0.05) is 12.1 Å². The summed E-state index contributed by atoms with van der Waals surface area (Å²) in [7, 11) is 0. The SMILES string of the molecule is O=C(COC(=O)COc1ccc(F)cc1)NC(=O)Nc1ccccc1F. The van der Waals surface area contributed by atoms with Gasteiger partial charge in [0.1, 0.15) is 17.4 Å². The van der Waals surface area contributed by atoms with E-state index in [9.17, 15) is 23.2 Å². The molecule has 0 aliphatic heterocycles. The molecule has 7 nitrogen and oxygen atoms in total. The van der Waals surface area contributed by atoms with Crippen molar-refractivity contribution in [1.82, 2.24) is 5.32 Å². The van der Waals surface area contributed by atoms with E-state index in [2.05, 4.69) is 10.1 Å². The van der Waals surface area contributed by atoms with E-state index in [-0.39, 0.29) is 11.4 Å². The van der Waals surface area contributed by atoms with Gasteiger partial charge in [0.05, 0.1) is 5.69 Å². The Bertz CT molecular complexity index is 796. The highest BCUT2D eigenvalue weighted by atomic mass is 19.1. The maximum absolute atomic E-state index is 13.4. The molecule has 2 N–H and O–H groups in total. The van der Waals surface area contributed by atoms with Crippen LogP contribution in [0, 0.1) is 11.6 Å². The molecule has 26 heavy (non-hydrogen) atoms. The van der Waals surface area contributed by atoms with E-state index in [1.54, 1.807) is 0 Å². The molecule has 0 fully saturated rings. The van der Waals surface area contributed by atoms with Crippen molar-refractivity contribution >= 4 is 23.6 Å². The van der Waals surface area contributed by atoms with E-state index >= 15 is 0 Å². The maximum Gasteiger partial charge on any atom is 0.344 e. The van der Waals surface area contributed by atoms with Gasteiger partial charge in [-0.3, -0.25) is 10.1 Å². The highest BCUT2D eigenvalue weighted by molar-refractivity contribution is 6.01. The number of esters is 1. The Morgan fingerprint density at radius 3 is 2.31 bits per heavy atom. The Morgan fingerprint density at radius 1 is 0.923 bits per heavy atom. The molecule has 3 amide bonds. The minimum Gasteiger partial charge on any atom is -0.482 e. The van der Waals surface area contributed by atoms with Crippen LogP contribution in [0.1, 0.15) is 0 Å². The van der Waals surface area contributed by atoms with Crippen LogP contribution >= 0.6 is 0 Å². The summed E-state index contributed by atoms with van der Waals surface area (Å²) in [5, 5.41) is 4.01. The van der Waals surface area contributed by atoms with Crippen LogP contribution in [0.2, 0.25) is 0 Å². The molecular formula is C17H14F2N2O5. The second kappa shape index (κ2) is 9.11. The first-order chi connectivity index (χ1) is 12.4. The lowest BCUT2D eigenvalue weighted by atomic mass is 10.3. The van der Waals surface area contributed by atoms with Crippen LogP contribution < -0.4 is 15.4 Å². The first kappa shape index (κ1) is 18.8. The van der Waals surface area contributed by atoms with Gasteiger partial charge < -0.3 is 14.8 Å². The first-order valence-electron chi connectivity index (χ1n) is 7.33. The fourth-order valence-electron chi connectivity index (χ4n) is 1.74. The Labute approximate surface area is 146 Å². The van der Waals surface area contributed by atoms with Crippen LogP contribution in [-0.4, -0.2) is 31.1 Å². The third kappa shape index (κ3) is 6.19. The topological polar surface area (TPSA) is 93.7 Å². The van der Waals surface area contributed by atoms with Crippen LogP contribution in [0.25, 0.3) is 0 Å². The van der Waals surface area contributed by atoms with E-state index in [4.69, 9.17) is 4.74 Å². The molecule has 0 spiro atoms. The lowest BCUT2D eigenvalue weighted by Crippen LogP contribution is -2.37. The van der Waals surface area contributed by atoms with Gasteiger partial charge in [0.25, 0.3) is 5.91 Å². The Hall–Kier alpha value is -3.49. The number of para-hydroxylation sites is 1. The van der Waals surface area contributed by atoms with Gasteiger partial charge in [0.2, 0.25) is 0 Å². The summed E-state index contributed by atoms with van der Waals surface area (Å²) < 4.78 is 35.7. The number of urea groups is 1. The van der Waals surface area contributed by atoms with Crippen molar-refractivity contribution in [2.45, 2.75) is 0 Å². The molecule has 0 saturated carbocycles. The third-order valence-electron chi connectivity index (χ3n) is 2.91. The zero-order chi connectivity index (χ0) is 18.9. The molecule has 0 aliphatic rings. The maximum atomic E-state index is 13.4. The number of imide groups is 1. The molecule has 136 valence electrons. The summed E-state index contributed by atoms with van der Waals surface area (Å²) in [5.74, 6) is -2.64. The van der Waals surface area contributed by atoms with E-state index in [0.717, 1.165) is 18.2 Å². The molecule has 2 aromatic carbocycles. The number of carbonyl (C=O) groups excluding carboxylic acids is 3. The summed E-state index contributed by atoms with van der Waals surface area (Å²) in [6.07, 6.45) is 0. The van der Waals surface area contributed by atoms with Gasteiger partial charge in [-0.25, -0.2) is 18.4 Å². The van der Waals surface area contributed by atoms with Crippen molar-refractivity contribution in [3.8, 4) is 5.75 Å². The summed E-state index contributed by atoms with van der Waals surface area (Å²) in [4.78, 5) is 34.5. The molecule has 0 heterocycles. The lowest BCUT2D eigenvalue weighted by Gasteiger charge is -2.08. The number of hydrogen-bond donors (Lipinski definition) is 2. The van der Waals surface area contributed by atoms with Crippen molar-refractivity contribution in [2.24, 2.45) is 0 Å². The average molecular weight is 364 g/mol. The zero-order valence-corrected chi connectivity index (χ0v) is 13.3. The highest BCUT2D eigenvalue weighted by Crippen LogP contribution is 2.12. The van der Waals surface area contributed by atoms with Crippen molar-refractivity contribution in [3.05, 3.63) is 60.2 Å². The predicted molar refractivity (Wildman–Crippen MR) is 86.4 cm³/mol. The van der Waals surface area contributed by atoms with Crippen LogP contribution in [0.5, 0.6) is 5.75 Å². The minimum absolute atomic E-state index is 0.109. The van der Waals surface area contributed by atoms with Crippen LogP contribution in [-0.2, 0) is 14.3 Å². The molecule has 2 aromatic rings.